The van der Waals surface area contributed by atoms with E-state index >= 15 is 0 Å². The smallest absolute Gasteiger partial charge is 0.0373 e. The summed E-state index contributed by atoms with van der Waals surface area (Å²) in [5.74, 6) is 0.669. The first-order valence-corrected chi connectivity index (χ1v) is 8.60. The molecule has 1 N–H and O–H groups in total. The van der Waals surface area contributed by atoms with E-state index in [1.807, 2.05) is 0 Å². The second-order valence-electron chi connectivity index (χ2n) is 6.28. The summed E-state index contributed by atoms with van der Waals surface area (Å²) < 4.78 is 1.14. The van der Waals surface area contributed by atoms with Crippen molar-refractivity contribution in [2.75, 3.05) is 24.5 Å². The van der Waals surface area contributed by atoms with Crippen LogP contribution in [0.25, 0.3) is 10.8 Å². The molecule has 1 heterocycles. The first kappa shape index (κ1) is 14.9. The van der Waals surface area contributed by atoms with Crippen molar-refractivity contribution in [2.24, 2.45) is 5.92 Å². The van der Waals surface area contributed by atoms with Crippen LogP contribution in [0.4, 0.5) is 5.69 Å². The lowest BCUT2D eigenvalue weighted by Crippen LogP contribution is -2.41. The van der Waals surface area contributed by atoms with Crippen LogP contribution in [0, 0.1) is 5.92 Å². The Kier molecular flexibility index (Phi) is 4.51. The molecule has 3 rings (SSSR count). The number of fused-ring (bicyclic) bond motifs is 1. The fraction of sp³-hybridized carbons (Fsp3) is 0.444. The average molecular weight is 347 g/mol. The van der Waals surface area contributed by atoms with Crippen LogP contribution in [0.5, 0.6) is 0 Å². The number of halogens is 1. The fourth-order valence-corrected chi connectivity index (χ4v) is 3.41. The average Bonchev–Trinajstić information content (AvgIpc) is 2.73. The Morgan fingerprint density at radius 2 is 1.90 bits per heavy atom. The van der Waals surface area contributed by atoms with Crippen LogP contribution in [-0.2, 0) is 0 Å². The minimum absolute atomic E-state index is 0.577. The van der Waals surface area contributed by atoms with E-state index in [2.05, 4.69) is 76.4 Å². The van der Waals surface area contributed by atoms with Gasteiger partial charge in [-0.15, -0.1) is 0 Å². The molecule has 0 bridgehead atoms. The molecular formula is C18H23BrN2. The van der Waals surface area contributed by atoms with Gasteiger partial charge in [0.15, 0.2) is 0 Å². The van der Waals surface area contributed by atoms with E-state index in [0.29, 0.717) is 12.0 Å². The number of anilines is 1. The van der Waals surface area contributed by atoms with Crippen LogP contribution in [0.3, 0.4) is 0 Å². The lowest BCUT2D eigenvalue weighted by Gasteiger charge is -2.28. The highest BCUT2D eigenvalue weighted by molar-refractivity contribution is 9.10. The van der Waals surface area contributed by atoms with Gasteiger partial charge in [-0.05, 0) is 53.9 Å². The lowest BCUT2D eigenvalue weighted by molar-refractivity contribution is 0.420. The molecule has 1 unspecified atom stereocenters. The van der Waals surface area contributed by atoms with Gasteiger partial charge in [0.1, 0.15) is 0 Å². The zero-order chi connectivity index (χ0) is 14.8. The summed E-state index contributed by atoms with van der Waals surface area (Å²) in [6.07, 6.45) is 1.21. The van der Waals surface area contributed by atoms with Gasteiger partial charge < -0.3 is 10.2 Å². The van der Waals surface area contributed by atoms with Crippen molar-refractivity contribution in [3.05, 3.63) is 40.9 Å². The van der Waals surface area contributed by atoms with Crippen LogP contribution in [0.15, 0.2) is 40.9 Å². The highest BCUT2D eigenvalue weighted by Gasteiger charge is 2.20. The van der Waals surface area contributed by atoms with Gasteiger partial charge in [0.25, 0.3) is 0 Å². The van der Waals surface area contributed by atoms with Crippen molar-refractivity contribution >= 4 is 32.4 Å². The second kappa shape index (κ2) is 6.37. The number of rotatable bonds is 2. The summed E-state index contributed by atoms with van der Waals surface area (Å²) in [5.41, 5.74) is 1.35. The largest absolute Gasteiger partial charge is 0.370 e. The third kappa shape index (κ3) is 3.41. The van der Waals surface area contributed by atoms with Gasteiger partial charge in [-0.1, -0.05) is 41.9 Å². The van der Waals surface area contributed by atoms with Crippen molar-refractivity contribution in [3.63, 3.8) is 0 Å². The molecule has 1 atom stereocenters. The van der Waals surface area contributed by atoms with E-state index in [0.717, 1.165) is 24.1 Å². The van der Waals surface area contributed by atoms with Gasteiger partial charge in [-0.2, -0.15) is 0 Å². The van der Waals surface area contributed by atoms with E-state index in [-0.39, 0.29) is 0 Å². The SMILES string of the molecule is CC(C)C1CN(c2ccc3cc(Br)ccc3c2)CCCN1. The van der Waals surface area contributed by atoms with Crippen LogP contribution < -0.4 is 10.2 Å². The maximum Gasteiger partial charge on any atom is 0.0373 e. The predicted molar refractivity (Wildman–Crippen MR) is 95.1 cm³/mol. The summed E-state index contributed by atoms with van der Waals surface area (Å²) in [6.45, 7) is 7.97. The number of nitrogens with zero attached hydrogens (tertiary/aromatic N) is 1. The van der Waals surface area contributed by atoms with Crippen molar-refractivity contribution in [2.45, 2.75) is 26.3 Å². The Morgan fingerprint density at radius 3 is 2.71 bits per heavy atom. The molecule has 1 fully saturated rings. The number of benzene rings is 2. The number of hydrogen-bond donors (Lipinski definition) is 1. The summed E-state index contributed by atoms with van der Waals surface area (Å²) in [6, 6.07) is 13.9. The van der Waals surface area contributed by atoms with E-state index in [1.165, 1.54) is 22.9 Å². The van der Waals surface area contributed by atoms with E-state index < -0.39 is 0 Å². The van der Waals surface area contributed by atoms with Crippen molar-refractivity contribution < 1.29 is 0 Å². The first-order chi connectivity index (χ1) is 10.1. The van der Waals surface area contributed by atoms with Gasteiger partial charge in [0.05, 0.1) is 0 Å². The normalized spacial score (nSPS) is 20.0. The van der Waals surface area contributed by atoms with E-state index in [9.17, 15) is 0 Å². The molecule has 1 aliphatic heterocycles. The predicted octanol–water partition coefficient (Wildman–Crippen LogP) is 4.43. The topological polar surface area (TPSA) is 15.3 Å². The van der Waals surface area contributed by atoms with Gasteiger partial charge in [-0.3, -0.25) is 0 Å². The van der Waals surface area contributed by atoms with Gasteiger partial charge in [0.2, 0.25) is 0 Å². The highest BCUT2D eigenvalue weighted by Crippen LogP contribution is 2.26. The molecule has 0 spiro atoms. The Balaban J connectivity index is 1.89. The standard InChI is InChI=1S/C18H23BrN2/c1-13(2)18-12-21(9-3-8-20-18)17-7-5-14-10-16(19)6-4-15(14)11-17/h4-7,10-11,13,18,20H,3,8-9,12H2,1-2H3. The van der Waals surface area contributed by atoms with E-state index in [4.69, 9.17) is 0 Å². The molecule has 2 aromatic carbocycles. The van der Waals surface area contributed by atoms with Crippen LogP contribution in [-0.4, -0.2) is 25.7 Å². The summed E-state index contributed by atoms with van der Waals surface area (Å²) in [5, 5.41) is 6.28. The molecular weight excluding hydrogens is 324 g/mol. The molecule has 1 saturated heterocycles. The van der Waals surface area contributed by atoms with Crippen LogP contribution in [0.2, 0.25) is 0 Å². The van der Waals surface area contributed by atoms with Gasteiger partial charge >= 0.3 is 0 Å². The first-order valence-electron chi connectivity index (χ1n) is 7.81. The van der Waals surface area contributed by atoms with Crippen molar-refractivity contribution in [3.8, 4) is 0 Å². The molecule has 0 amide bonds. The molecule has 0 radical (unpaired) electrons. The molecule has 2 nitrogen and oxygen atoms in total. The fourth-order valence-electron chi connectivity index (χ4n) is 3.03. The molecule has 21 heavy (non-hydrogen) atoms. The van der Waals surface area contributed by atoms with Gasteiger partial charge in [0, 0.05) is 29.3 Å². The Labute approximate surface area is 135 Å². The molecule has 2 aromatic rings. The molecule has 3 heteroatoms. The second-order valence-corrected chi connectivity index (χ2v) is 7.20. The molecule has 0 aliphatic carbocycles. The molecule has 1 aliphatic rings. The quantitative estimate of drug-likeness (QED) is 0.865. The van der Waals surface area contributed by atoms with Crippen molar-refractivity contribution in [1.82, 2.24) is 5.32 Å². The maximum absolute atomic E-state index is 3.68. The Morgan fingerprint density at radius 1 is 1.14 bits per heavy atom. The zero-order valence-electron chi connectivity index (χ0n) is 12.8. The highest BCUT2D eigenvalue weighted by atomic mass is 79.9. The van der Waals surface area contributed by atoms with Crippen LogP contribution in [0.1, 0.15) is 20.3 Å². The minimum Gasteiger partial charge on any atom is -0.370 e. The molecule has 0 saturated carbocycles. The number of nitrogens with one attached hydrogen (secondary N) is 1. The minimum atomic E-state index is 0.577. The van der Waals surface area contributed by atoms with Crippen molar-refractivity contribution in [1.29, 1.82) is 0 Å². The lowest BCUT2D eigenvalue weighted by atomic mass is 10.0. The maximum atomic E-state index is 3.68. The molecule has 0 aromatic heterocycles. The van der Waals surface area contributed by atoms with Crippen LogP contribution >= 0.6 is 15.9 Å². The summed E-state index contributed by atoms with van der Waals surface area (Å²) in [7, 11) is 0. The number of hydrogen-bond acceptors (Lipinski definition) is 2. The zero-order valence-corrected chi connectivity index (χ0v) is 14.4. The third-order valence-electron chi connectivity index (χ3n) is 4.38. The van der Waals surface area contributed by atoms with Gasteiger partial charge in [-0.25, -0.2) is 0 Å². The summed E-state index contributed by atoms with van der Waals surface area (Å²) in [4.78, 5) is 2.53. The van der Waals surface area contributed by atoms with E-state index in [1.54, 1.807) is 0 Å². The monoisotopic (exact) mass is 346 g/mol. The Bertz CT molecular complexity index is 624. The third-order valence-corrected chi connectivity index (χ3v) is 4.88. The molecule has 112 valence electrons. The Hall–Kier alpha value is -1.06. The summed E-state index contributed by atoms with van der Waals surface area (Å²) >= 11 is 3.54.